The summed E-state index contributed by atoms with van der Waals surface area (Å²) in [4.78, 5) is 22.8. The van der Waals surface area contributed by atoms with E-state index in [1.807, 2.05) is 51.1 Å². The molecule has 0 aliphatic heterocycles. The van der Waals surface area contributed by atoms with E-state index in [1.165, 1.54) is 7.11 Å². The van der Waals surface area contributed by atoms with E-state index >= 15 is 0 Å². The maximum Gasteiger partial charge on any atom is 0.417 e. The second kappa shape index (κ2) is 7.93. The summed E-state index contributed by atoms with van der Waals surface area (Å²) in [5, 5.41) is 0. The highest BCUT2D eigenvalue weighted by Crippen LogP contribution is 2.36. The maximum absolute atomic E-state index is 11.8. The summed E-state index contributed by atoms with van der Waals surface area (Å²) in [6.45, 7) is 6.00. The molecule has 1 N–H and O–H groups in total. The molecule has 0 saturated heterocycles. The molecule has 0 aliphatic rings. The van der Waals surface area contributed by atoms with Crippen LogP contribution in [-0.2, 0) is 14.3 Å². The number of methoxy groups -OCH3 is 1. The molecule has 1 unspecified atom stereocenters. The molecule has 0 saturated carbocycles. The molecule has 0 aliphatic carbocycles. The number of esters is 1. The van der Waals surface area contributed by atoms with E-state index < -0.39 is 12.1 Å². The van der Waals surface area contributed by atoms with Gasteiger partial charge in [0.05, 0.1) is 7.11 Å². The molecule has 1 rings (SSSR count). The standard InChI is InChI=1S/C15H21NO4S/c1-15(2,3)13(11-8-6-5-7-9-11)20-14(18)16-21-10-12(17)19-4/h5-9,13H,10H2,1-4H3,(H,16,18). The quantitative estimate of drug-likeness (QED) is 0.667. The van der Waals surface area contributed by atoms with Crippen LogP contribution < -0.4 is 4.72 Å². The predicted molar refractivity (Wildman–Crippen MR) is 82.7 cm³/mol. The van der Waals surface area contributed by atoms with E-state index in [2.05, 4.69) is 9.46 Å². The molecule has 21 heavy (non-hydrogen) atoms. The van der Waals surface area contributed by atoms with Gasteiger partial charge in [-0.25, -0.2) is 4.79 Å². The smallest absolute Gasteiger partial charge is 0.417 e. The van der Waals surface area contributed by atoms with Crippen molar-refractivity contribution in [1.82, 2.24) is 4.72 Å². The minimum Gasteiger partial charge on any atom is -0.468 e. The highest BCUT2D eigenvalue weighted by atomic mass is 32.2. The number of ether oxygens (including phenoxy) is 2. The normalized spacial score (nSPS) is 12.4. The van der Waals surface area contributed by atoms with E-state index in [0.717, 1.165) is 17.5 Å². The van der Waals surface area contributed by atoms with Gasteiger partial charge in [0.2, 0.25) is 0 Å². The lowest BCUT2D eigenvalue weighted by Crippen LogP contribution is -2.28. The van der Waals surface area contributed by atoms with Gasteiger partial charge in [-0.15, -0.1) is 0 Å². The fraction of sp³-hybridized carbons (Fsp3) is 0.467. The van der Waals surface area contributed by atoms with Crippen molar-refractivity contribution in [2.45, 2.75) is 26.9 Å². The van der Waals surface area contributed by atoms with Gasteiger partial charge in [0.25, 0.3) is 0 Å². The van der Waals surface area contributed by atoms with Crippen molar-refractivity contribution >= 4 is 24.0 Å². The van der Waals surface area contributed by atoms with Crippen LogP contribution in [0, 0.1) is 5.41 Å². The van der Waals surface area contributed by atoms with Gasteiger partial charge in [0.15, 0.2) is 0 Å². The maximum atomic E-state index is 11.8. The molecule has 1 aromatic rings. The van der Waals surface area contributed by atoms with Gasteiger partial charge in [0, 0.05) is 5.41 Å². The molecule has 0 radical (unpaired) electrons. The van der Waals surface area contributed by atoms with Crippen LogP contribution in [0.4, 0.5) is 4.79 Å². The average molecular weight is 311 g/mol. The molecule has 5 nitrogen and oxygen atoms in total. The molecule has 0 bridgehead atoms. The number of carbonyl (C=O) groups excluding carboxylic acids is 2. The Hall–Kier alpha value is -1.69. The monoisotopic (exact) mass is 311 g/mol. The SMILES string of the molecule is COC(=O)CSNC(=O)OC(c1ccccc1)C(C)(C)C. The van der Waals surface area contributed by atoms with Crippen LogP contribution in [0.15, 0.2) is 30.3 Å². The zero-order valence-electron chi connectivity index (χ0n) is 12.7. The van der Waals surface area contributed by atoms with Gasteiger partial charge in [0.1, 0.15) is 11.9 Å². The zero-order valence-corrected chi connectivity index (χ0v) is 13.5. The molecular formula is C15H21NO4S. The van der Waals surface area contributed by atoms with Gasteiger partial charge >= 0.3 is 12.1 Å². The molecule has 1 atom stereocenters. The Labute approximate surface area is 129 Å². The Kier molecular flexibility index (Phi) is 6.55. The van der Waals surface area contributed by atoms with Crippen molar-refractivity contribution in [2.75, 3.05) is 12.9 Å². The highest BCUT2D eigenvalue weighted by molar-refractivity contribution is 7.98. The van der Waals surface area contributed by atoms with Crippen molar-refractivity contribution in [2.24, 2.45) is 5.41 Å². The molecule has 0 aromatic heterocycles. The lowest BCUT2D eigenvalue weighted by molar-refractivity contribution is -0.137. The summed E-state index contributed by atoms with van der Waals surface area (Å²) >= 11 is 0.943. The van der Waals surface area contributed by atoms with Crippen molar-refractivity contribution in [3.63, 3.8) is 0 Å². The van der Waals surface area contributed by atoms with E-state index in [0.29, 0.717) is 0 Å². The third kappa shape index (κ3) is 6.08. The van der Waals surface area contributed by atoms with Crippen molar-refractivity contribution < 1.29 is 19.1 Å². The van der Waals surface area contributed by atoms with Gasteiger partial charge in [-0.05, 0) is 17.5 Å². The Morgan fingerprint density at radius 3 is 2.38 bits per heavy atom. The summed E-state index contributed by atoms with van der Waals surface area (Å²) < 4.78 is 12.5. The largest absolute Gasteiger partial charge is 0.468 e. The number of carbonyl (C=O) groups is 2. The van der Waals surface area contributed by atoms with Crippen LogP contribution in [0.2, 0.25) is 0 Å². The average Bonchev–Trinajstić information content (AvgIpc) is 2.44. The minimum absolute atomic E-state index is 0.0388. The van der Waals surface area contributed by atoms with Crippen LogP contribution in [0.5, 0.6) is 0 Å². The fourth-order valence-electron chi connectivity index (χ4n) is 1.72. The van der Waals surface area contributed by atoms with Crippen LogP contribution in [0.1, 0.15) is 32.4 Å². The molecular weight excluding hydrogens is 290 g/mol. The first kappa shape index (κ1) is 17.4. The van der Waals surface area contributed by atoms with Crippen LogP contribution in [-0.4, -0.2) is 24.9 Å². The van der Waals surface area contributed by atoms with Crippen molar-refractivity contribution in [3.05, 3.63) is 35.9 Å². The van der Waals surface area contributed by atoms with Gasteiger partial charge in [-0.3, -0.25) is 9.52 Å². The van der Waals surface area contributed by atoms with Crippen LogP contribution in [0.3, 0.4) is 0 Å². The first-order chi connectivity index (χ1) is 9.84. The summed E-state index contributed by atoms with van der Waals surface area (Å²) in [7, 11) is 1.30. The first-order valence-corrected chi connectivity index (χ1v) is 7.53. The Morgan fingerprint density at radius 1 is 1.24 bits per heavy atom. The predicted octanol–water partition coefficient (Wildman–Crippen LogP) is 3.32. The van der Waals surface area contributed by atoms with Crippen molar-refractivity contribution in [1.29, 1.82) is 0 Å². The van der Waals surface area contributed by atoms with E-state index in [9.17, 15) is 9.59 Å². The number of nitrogens with one attached hydrogen (secondary N) is 1. The fourth-order valence-corrected chi connectivity index (χ4v) is 2.19. The topological polar surface area (TPSA) is 64.6 Å². The molecule has 0 fully saturated rings. The number of rotatable bonds is 5. The molecule has 0 heterocycles. The highest BCUT2D eigenvalue weighted by Gasteiger charge is 2.30. The molecule has 6 heteroatoms. The molecule has 1 aromatic carbocycles. The number of benzene rings is 1. The third-order valence-corrected chi connectivity index (χ3v) is 3.38. The van der Waals surface area contributed by atoms with E-state index in [1.54, 1.807) is 0 Å². The Morgan fingerprint density at radius 2 is 1.86 bits per heavy atom. The summed E-state index contributed by atoms with van der Waals surface area (Å²) in [5.74, 6) is -0.368. The van der Waals surface area contributed by atoms with Gasteiger partial charge < -0.3 is 9.47 Å². The lowest BCUT2D eigenvalue weighted by Gasteiger charge is -2.30. The second-order valence-electron chi connectivity index (χ2n) is 5.53. The van der Waals surface area contributed by atoms with Crippen molar-refractivity contribution in [3.8, 4) is 0 Å². The van der Waals surface area contributed by atoms with E-state index in [-0.39, 0.29) is 17.3 Å². The second-order valence-corrected chi connectivity index (χ2v) is 6.31. The van der Waals surface area contributed by atoms with Crippen LogP contribution in [0.25, 0.3) is 0 Å². The van der Waals surface area contributed by atoms with E-state index in [4.69, 9.17) is 4.74 Å². The Balaban J connectivity index is 2.62. The van der Waals surface area contributed by atoms with Crippen LogP contribution >= 0.6 is 11.9 Å². The third-order valence-electron chi connectivity index (χ3n) is 2.69. The Bertz CT molecular complexity index is 470. The molecule has 1 amide bonds. The molecule has 0 spiro atoms. The first-order valence-electron chi connectivity index (χ1n) is 6.54. The summed E-state index contributed by atoms with van der Waals surface area (Å²) in [5.41, 5.74) is 0.684. The van der Waals surface area contributed by atoms with Gasteiger partial charge in [-0.2, -0.15) is 0 Å². The summed E-state index contributed by atoms with van der Waals surface area (Å²) in [6, 6.07) is 9.56. The lowest BCUT2D eigenvalue weighted by atomic mass is 9.84. The number of hydrogen-bond donors (Lipinski definition) is 1. The number of amides is 1. The minimum atomic E-state index is -0.576. The zero-order chi connectivity index (χ0) is 15.9. The summed E-state index contributed by atoms with van der Waals surface area (Å²) in [6.07, 6.45) is -0.954. The molecule has 116 valence electrons. The number of hydrogen-bond acceptors (Lipinski definition) is 5. The van der Waals surface area contributed by atoms with Gasteiger partial charge in [-0.1, -0.05) is 51.1 Å².